The predicted molar refractivity (Wildman–Crippen MR) is 105 cm³/mol. The second kappa shape index (κ2) is 7.11. The van der Waals surface area contributed by atoms with Gasteiger partial charge in [-0.3, -0.25) is 0 Å². The number of aromatic nitrogens is 1. The smallest absolute Gasteiger partial charge is 0.152 e. The Morgan fingerprint density at radius 3 is 2.74 bits per heavy atom. The number of nitrogens with one attached hydrogen (secondary N) is 1. The molecular weight excluding hydrogens is 343 g/mol. The number of rotatable bonds is 5. The molecule has 1 N–H and O–H groups in total. The number of ether oxygens (including phenoxy) is 1. The van der Waals surface area contributed by atoms with Gasteiger partial charge in [0.1, 0.15) is 17.3 Å². The molecule has 27 heavy (non-hydrogen) atoms. The summed E-state index contributed by atoms with van der Waals surface area (Å²) in [6, 6.07) is 16.4. The monoisotopic (exact) mass is 362 g/mol. The van der Waals surface area contributed by atoms with Crippen LogP contribution in [0.3, 0.4) is 0 Å². The van der Waals surface area contributed by atoms with Crippen LogP contribution < -0.4 is 10.1 Å². The summed E-state index contributed by atoms with van der Waals surface area (Å²) in [5, 5.41) is 4.20. The summed E-state index contributed by atoms with van der Waals surface area (Å²) in [5.41, 5.74) is 3.57. The number of fused-ring (bicyclic) bond motifs is 1. The maximum atomic E-state index is 14.0. The number of nitrogens with zero attached hydrogens (tertiary/aromatic N) is 1. The van der Waals surface area contributed by atoms with E-state index in [2.05, 4.69) is 10.3 Å². The molecule has 0 aliphatic rings. The normalized spacial score (nSPS) is 10.9. The molecule has 0 aliphatic heterocycles. The summed E-state index contributed by atoms with van der Waals surface area (Å²) in [5.74, 6) is 1.18. The highest BCUT2D eigenvalue weighted by Crippen LogP contribution is 2.33. The fraction of sp³-hybridized carbons (Fsp3) is 0.136. The molecule has 5 heteroatoms. The quantitative estimate of drug-likeness (QED) is 0.467. The van der Waals surface area contributed by atoms with E-state index in [-0.39, 0.29) is 5.82 Å². The molecule has 0 unspecified atom stereocenters. The van der Waals surface area contributed by atoms with E-state index in [0.29, 0.717) is 29.3 Å². The molecule has 0 amide bonds. The zero-order chi connectivity index (χ0) is 18.8. The van der Waals surface area contributed by atoms with E-state index < -0.39 is 0 Å². The van der Waals surface area contributed by atoms with Crippen LogP contribution in [-0.4, -0.2) is 11.6 Å². The first-order chi connectivity index (χ1) is 13.1. The molecule has 4 rings (SSSR count). The number of furan rings is 1. The van der Waals surface area contributed by atoms with E-state index in [1.807, 2.05) is 49.4 Å². The standard InChI is InChI=1S/C22H19FN2O2/c1-3-26-16-8-9-19-17(12-16)20(13-21(25-19)22-5-4-10-27-22)24-15-7-6-14(2)18(23)11-15/h4-13H,3H2,1-2H3,(H,24,25). The van der Waals surface area contributed by atoms with Crippen LogP contribution in [0.2, 0.25) is 0 Å². The second-order valence-corrected chi connectivity index (χ2v) is 6.23. The van der Waals surface area contributed by atoms with Crippen LogP contribution in [0.15, 0.2) is 65.3 Å². The number of hydrogen-bond acceptors (Lipinski definition) is 4. The van der Waals surface area contributed by atoms with Crippen molar-refractivity contribution >= 4 is 22.3 Å². The van der Waals surface area contributed by atoms with Crippen molar-refractivity contribution in [2.75, 3.05) is 11.9 Å². The summed E-state index contributed by atoms with van der Waals surface area (Å²) in [6.45, 7) is 4.26. The third-order valence-electron chi connectivity index (χ3n) is 4.32. The minimum absolute atomic E-state index is 0.250. The highest BCUT2D eigenvalue weighted by Gasteiger charge is 2.11. The minimum Gasteiger partial charge on any atom is -0.494 e. The summed E-state index contributed by atoms with van der Waals surface area (Å²) in [4.78, 5) is 4.69. The molecule has 0 fully saturated rings. The third-order valence-corrected chi connectivity index (χ3v) is 4.32. The first-order valence-electron chi connectivity index (χ1n) is 8.78. The fourth-order valence-corrected chi connectivity index (χ4v) is 2.94. The van der Waals surface area contributed by atoms with Crippen molar-refractivity contribution in [2.45, 2.75) is 13.8 Å². The lowest BCUT2D eigenvalue weighted by molar-refractivity contribution is 0.340. The van der Waals surface area contributed by atoms with E-state index in [1.165, 1.54) is 6.07 Å². The van der Waals surface area contributed by atoms with Crippen molar-refractivity contribution < 1.29 is 13.5 Å². The maximum absolute atomic E-state index is 14.0. The number of hydrogen-bond donors (Lipinski definition) is 1. The van der Waals surface area contributed by atoms with Crippen molar-refractivity contribution in [1.29, 1.82) is 0 Å². The van der Waals surface area contributed by atoms with Gasteiger partial charge in [-0.05, 0) is 67.9 Å². The van der Waals surface area contributed by atoms with E-state index in [1.54, 1.807) is 19.3 Å². The Bertz CT molecular complexity index is 1090. The Kier molecular flexibility index (Phi) is 4.50. The number of aryl methyl sites for hydroxylation is 1. The van der Waals surface area contributed by atoms with Crippen LogP contribution in [0.25, 0.3) is 22.4 Å². The molecule has 0 aliphatic carbocycles. The SMILES string of the molecule is CCOc1ccc2nc(-c3ccco3)cc(Nc3ccc(C)c(F)c3)c2c1. The zero-order valence-electron chi connectivity index (χ0n) is 15.1. The van der Waals surface area contributed by atoms with Crippen molar-refractivity contribution in [3.63, 3.8) is 0 Å². The van der Waals surface area contributed by atoms with Crippen molar-refractivity contribution in [1.82, 2.24) is 4.98 Å². The van der Waals surface area contributed by atoms with Gasteiger partial charge < -0.3 is 14.5 Å². The van der Waals surface area contributed by atoms with Gasteiger partial charge >= 0.3 is 0 Å². The second-order valence-electron chi connectivity index (χ2n) is 6.23. The van der Waals surface area contributed by atoms with Crippen molar-refractivity contribution in [2.24, 2.45) is 0 Å². The number of pyridine rings is 1. The lowest BCUT2D eigenvalue weighted by Crippen LogP contribution is -1.97. The average molecular weight is 362 g/mol. The minimum atomic E-state index is -0.250. The lowest BCUT2D eigenvalue weighted by Gasteiger charge is -2.13. The van der Waals surface area contributed by atoms with Crippen LogP contribution in [0, 0.1) is 12.7 Å². The Balaban J connectivity index is 1.85. The largest absolute Gasteiger partial charge is 0.494 e. The van der Waals surface area contributed by atoms with Crippen LogP contribution in [0.1, 0.15) is 12.5 Å². The molecule has 0 spiro atoms. The van der Waals surface area contributed by atoms with Crippen LogP contribution in [0.4, 0.5) is 15.8 Å². The van der Waals surface area contributed by atoms with Crippen LogP contribution >= 0.6 is 0 Å². The molecule has 4 nitrogen and oxygen atoms in total. The molecule has 4 aromatic rings. The molecule has 0 radical (unpaired) electrons. The first-order valence-corrected chi connectivity index (χ1v) is 8.78. The van der Waals surface area contributed by atoms with Crippen molar-refractivity contribution in [3.8, 4) is 17.2 Å². The molecule has 2 aromatic carbocycles. The number of benzene rings is 2. The molecule has 0 bridgehead atoms. The maximum Gasteiger partial charge on any atom is 0.152 e. The first kappa shape index (κ1) is 17.1. The lowest BCUT2D eigenvalue weighted by atomic mass is 10.1. The Labute approximate surface area is 156 Å². The molecule has 136 valence electrons. The fourth-order valence-electron chi connectivity index (χ4n) is 2.94. The molecule has 0 atom stereocenters. The molecule has 2 heterocycles. The van der Waals surface area contributed by atoms with Gasteiger partial charge in [-0.25, -0.2) is 9.37 Å². The topological polar surface area (TPSA) is 47.3 Å². The summed E-state index contributed by atoms with van der Waals surface area (Å²) >= 11 is 0. The number of anilines is 2. The van der Waals surface area contributed by atoms with Gasteiger partial charge in [-0.1, -0.05) is 6.07 Å². The van der Waals surface area contributed by atoms with Gasteiger partial charge in [-0.15, -0.1) is 0 Å². The highest BCUT2D eigenvalue weighted by molar-refractivity contribution is 5.96. The summed E-state index contributed by atoms with van der Waals surface area (Å²) in [6.07, 6.45) is 1.61. The van der Waals surface area contributed by atoms with E-state index in [0.717, 1.165) is 22.3 Å². The van der Waals surface area contributed by atoms with E-state index in [9.17, 15) is 4.39 Å². The highest BCUT2D eigenvalue weighted by atomic mass is 19.1. The van der Waals surface area contributed by atoms with Crippen LogP contribution in [0.5, 0.6) is 5.75 Å². The van der Waals surface area contributed by atoms with Crippen molar-refractivity contribution in [3.05, 3.63) is 72.2 Å². The Morgan fingerprint density at radius 1 is 1.11 bits per heavy atom. The zero-order valence-corrected chi connectivity index (χ0v) is 15.1. The number of halogens is 1. The summed E-state index contributed by atoms with van der Waals surface area (Å²) < 4.78 is 25.1. The van der Waals surface area contributed by atoms with Gasteiger partial charge in [0.25, 0.3) is 0 Å². The van der Waals surface area contributed by atoms with Gasteiger partial charge in [0.05, 0.1) is 24.1 Å². The van der Waals surface area contributed by atoms with Gasteiger partial charge in [0, 0.05) is 11.1 Å². The molecule has 2 aromatic heterocycles. The molecule has 0 saturated carbocycles. The average Bonchev–Trinajstić information content (AvgIpc) is 3.20. The van der Waals surface area contributed by atoms with E-state index in [4.69, 9.17) is 9.15 Å². The van der Waals surface area contributed by atoms with Crippen LogP contribution in [-0.2, 0) is 0 Å². The van der Waals surface area contributed by atoms with Gasteiger partial charge in [-0.2, -0.15) is 0 Å². The van der Waals surface area contributed by atoms with Gasteiger partial charge in [0.15, 0.2) is 5.76 Å². The Hall–Kier alpha value is -3.34. The third kappa shape index (κ3) is 3.49. The molecular formula is C22H19FN2O2. The predicted octanol–water partition coefficient (Wildman–Crippen LogP) is 6.08. The summed E-state index contributed by atoms with van der Waals surface area (Å²) in [7, 11) is 0. The van der Waals surface area contributed by atoms with E-state index >= 15 is 0 Å². The van der Waals surface area contributed by atoms with Gasteiger partial charge in [0.2, 0.25) is 0 Å². The Morgan fingerprint density at radius 2 is 2.00 bits per heavy atom. The molecule has 0 saturated heterocycles.